The van der Waals surface area contributed by atoms with Gasteiger partial charge < -0.3 is 0 Å². The maximum Gasteiger partial charge on any atom is 0.185 e. The molecule has 18 heavy (non-hydrogen) atoms. The van der Waals surface area contributed by atoms with Crippen LogP contribution in [-0.4, -0.2) is 29.3 Å². The van der Waals surface area contributed by atoms with Crippen molar-refractivity contribution in [3.05, 3.63) is 35.6 Å². The predicted molar refractivity (Wildman–Crippen MR) is 72.3 cm³/mol. The molecule has 1 aromatic carbocycles. The lowest BCUT2D eigenvalue weighted by Gasteiger charge is -2.38. The average Bonchev–Trinajstić information content (AvgIpc) is 2.39. The number of nitrogens with zero attached hydrogens (tertiary/aromatic N) is 1. The summed E-state index contributed by atoms with van der Waals surface area (Å²) in [6.45, 7) is 9.46. The fourth-order valence-corrected chi connectivity index (χ4v) is 2.38. The molecule has 3 heteroatoms. The monoisotopic (exact) mass is 251 g/mol. The first-order valence-corrected chi connectivity index (χ1v) is 6.55. The summed E-state index contributed by atoms with van der Waals surface area (Å²) < 4.78 is 13.7. The van der Waals surface area contributed by atoms with Crippen LogP contribution < -0.4 is 0 Å². The smallest absolute Gasteiger partial charge is 0.185 e. The van der Waals surface area contributed by atoms with Gasteiger partial charge in [0, 0.05) is 0 Å². The minimum Gasteiger partial charge on any atom is -0.292 e. The van der Waals surface area contributed by atoms with E-state index >= 15 is 0 Å². The molecule has 1 rings (SSSR count). The SMILES string of the molecule is CCN(CC)C(C)(CC)C(=O)c1ccccc1F. The van der Waals surface area contributed by atoms with Crippen molar-refractivity contribution in [3.8, 4) is 0 Å². The van der Waals surface area contributed by atoms with Crippen LogP contribution >= 0.6 is 0 Å². The highest BCUT2D eigenvalue weighted by molar-refractivity contribution is 6.03. The molecule has 0 saturated heterocycles. The number of rotatable bonds is 6. The molecule has 0 fully saturated rings. The Hall–Kier alpha value is -1.22. The summed E-state index contributed by atoms with van der Waals surface area (Å²) in [5.41, 5.74) is -0.445. The first kappa shape index (κ1) is 14.8. The van der Waals surface area contributed by atoms with E-state index in [9.17, 15) is 9.18 Å². The third kappa shape index (κ3) is 2.61. The number of ketones is 1. The molecule has 0 aliphatic heterocycles. The maximum atomic E-state index is 13.7. The van der Waals surface area contributed by atoms with Crippen molar-refractivity contribution in [1.82, 2.24) is 4.90 Å². The summed E-state index contributed by atoms with van der Waals surface area (Å²) in [6, 6.07) is 6.21. The van der Waals surface area contributed by atoms with Gasteiger partial charge in [0.1, 0.15) is 5.82 Å². The third-order valence-electron chi connectivity index (χ3n) is 3.76. The van der Waals surface area contributed by atoms with Gasteiger partial charge in [-0.2, -0.15) is 0 Å². The molecule has 0 heterocycles. The number of carbonyl (C=O) groups excluding carboxylic acids is 1. The van der Waals surface area contributed by atoms with Crippen molar-refractivity contribution in [2.24, 2.45) is 0 Å². The molecule has 100 valence electrons. The Morgan fingerprint density at radius 1 is 1.22 bits per heavy atom. The van der Waals surface area contributed by atoms with Gasteiger partial charge in [-0.3, -0.25) is 9.69 Å². The van der Waals surface area contributed by atoms with Gasteiger partial charge in [-0.05, 0) is 38.6 Å². The van der Waals surface area contributed by atoms with Crippen molar-refractivity contribution >= 4 is 5.78 Å². The van der Waals surface area contributed by atoms with Gasteiger partial charge in [-0.15, -0.1) is 0 Å². The molecule has 0 amide bonds. The first-order chi connectivity index (χ1) is 8.51. The fraction of sp³-hybridized carbons (Fsp3) is 0.533. The second-order valence-corrected chi connectivity index (χ2v) is 4.61. The lowest BCUT2D eigenvalue weighted by atomic mass is 9.86. The van der Waals surface area contributed by atoms with E-state index in [0.29, 0.717) is 6.42 Å². The summed E-state index contributed by atoms with van der Waals surface area (Å²) in [5.74, 6) is -0.568. The van der Waals surface area contributed by atoms with Crippen molar-refractivity contribution < 1.29 is 9.18 Å². The van der Waals surface area contributed by atoms with Crippen LogP contribution in [0.25, 0.3) is 0 Å². The zero-order chi connectivity index (χ0) is 13.8. The fourth-order valence-electron chi connectivity index (χ4n) is 2.38. The van der Waals surface area contributed by atoms with Gasteiger partial charge >= 0.3 is 0 Å². The van der Waals surface area contributed by atoms with Crippen LogP contribution in [-0.2, 0) is 0 Å². The molecule has 0 aromatic heterocycles. The molecule has 0 bridgehead atoms. The molecule has 0 saturated carbocycles. The predicted octanol–water partition coefficient (Wildman–Crippen LogP) is 3.52. The quantitative estimate of drug-likeness (QED) is 0.721. The largest absolute Gasteiger partial charge is 0.292 e. The molecule has 0 aliphatic rings. The van der Waals surface area contributed by atoms with Crippen LogP contribution in [0.4, 0.5) is 4.39 Å². The summed E-state index contributed by atoms with van der Waals surface area (Å²) in [5, 5.41) is 0. The van der Waals surface area contributed by atoms with Crippen molar-refractivity contribution in [2.75, 3.05) is 13.1 Å². The maximum absolute atomic E-state index is 13.7. The van der Waals surface area contributed by atoms with Gasteiger partial charge in [0.05, 0.1) is 11.1 Å². The Morgan fingerprint density at radius 2 is 1.78 bits per heavy atom. The molecule has 0 radical (unpaired) electrons. The number of Topliss-reactive ketones (excluding diaryl/α,β-unsaturated/α-hetero) is 1. The van der Waals surface area contributed by atoms with E-state index < -0.39 is 11.4 Å². The van der Waals surface area contributed by atoms with Crippen molar-refractivity contribution in [2.45, 2.75) is 39.7 Å². The van der Waals surface area contributed by atoms with Crippen LogP contribution in [0, 0.1) is 5.82 Å². The minimum absolute atomic E-state index is 0.133. The average molecular weight is 251 g/mol. The Kier molecular flexibility index (Phi) is 5.03. The number of carbonyl (C=O) groups is 1. The normalized spacial score (nSPS) is 14.6. The van der Waals surface area contributed by atoms with Gasteiger partial charge in [-0.25, -0.2) is 4.39 Å². The van der Waals surface area contributed by atoms with E-state index in [4.69, 9.17) is 0 Å². The minimum atomic E-state index is -0.633. The number of likely N-dealkylation sites (N-methyl/N-ethyl adjacent to an activating group) is 1. The molecule has 2 nitrogen and oxygen atoms in total. The molecular weight excluding hydrogens is 229 g/mol. The van der Waals surface area contributed by atoms with Crippen LogP contribution in [0.2, 0.25) is 0 Å². The summed E-state index contributed by atoms with van der Waals surface area (Å²) in [4.78, 5) is 14.7. The molecule has 0 aliphatic carbocycles. The molecule has 0 N–H and O–H groups in total. The molecule has 1 aromatic rings. The van der Waals surface area contributed by atoms with Gasteiger partial charge in [0.2, 0.25) is 0 Å². The third-order valence-corrected chi connectivity index (χ3v) is 3.76. The van der Waals surface area contributed by atoms with E-state index in [1.165, 1.54) is 6.07 Å². The Bertz CT molecular complexity index is 415. The number of halogens is 1. The highest BCUT2D eigenvalue weighted by Crippen LogP contribution is 2.25. The zero-order valence-corrected chi connectivity index (χ0v) is 11.7. The summed E-state index contributed by atoms with van der Waals surface area (Å²) in [7, 11) is 0. The zero-order valence-electron chi connectivity index (χ0n) is 11.7. The van der Waals surface area contributed by atoms with E-state index in [-0.39, 0.29) is 11.3 Å². The lowest BCUT2D eigenvalue weighted by molar-refractivity contribution is 0.0603. The van der Waals surface area contributed by atoms with E-state index in [1.807, 2.05) is 27.7 Å². The second-order valence-electron chi connectivity index (χ2n) is 4.61. The van der Waals surface area contributed by atoms with Crippen molar-refractivity contribution in [3.63, 3.8) is 0 Å². The molecule has 0 spiro atoms. The van der Waals surface area contributed by atoms with E-state index in [1.54, 1.807) is 18.2 Å². The highest BCUT2D eigenvalue weighted by atomic mass is 19.1. The lowest BCUT2D eigenvalue weighted by Crippen LogP contribution is -2.52. The standard InChI is InChI=1S/C15H22FNO/c1-5-15(4,17(6-2)7-3)14(18)12-10-8-9-11-13(12)16/h8-11H,5-7H2,1-4H3. The Balaban J connectivity index is 3.17. The van der Waals surface area contributed by atoms with Crippen LogP contribution in [0.3, 0.4) is 0 Å². The Labute approximate surface area is 109 Å². The summed E-state index contributed by atoms with van der Waals surface area (Å²) in [6.07, 6.45) is 0.668. The second kappa shape index (κ2) is 6.10. The van der Waals surface area contributed by atoms with Crippen LogP contribution in [0.5, 0.6) is 0 Å². The van der Waals surface area contributed by atoms with E-state index in [2.05, 4.69) is 4.90 Å². The van der Waals surface area contributed by atoms with Crippen LogP contribution in [0.15, 0.2) is 24.3 Å². The summed E-state index contributed by atoms with van der Waals surface area (Å²) >= 11 is 0. The van der Waals surface area contributed by atoms with E-state index in [0.717, 1.165) is 13.1 Å². The molecule has 1 unspecified atom stereocenters. The molecule has 1 atom stereocenters. The van der Waals surface area contributed by atoms with Gasteiger partial charge in [0.15, 0.2) is 5.78 Å². The Morgan fingerprint density at radius 3 is 2.22 bits per heavy atom. The van der Waals surface area contributed by atoms with Gasteiger partial charge in [0.25, 0.3) is 0 Å². The highest BCUT2D eigenvalue weighted by Gasteiger charge is 2.37. The first-order valence-electron chi connectivity index (χ1n) is 6.55. The number of hydrogen-bond donors (Lipinski definition) is 0. The molecular formula is C15H22FNO. The van der Waals surface area contributed by atoms with Crippen molar-refractivity contribution in [1.29, 1.82) is 0 Å². The van der Waals surface area contributed by atoms with Crippen LogP contribution in [0.1, 0.15) is 44.5 Å². The topological polar surface area (TPSA) is 20.3 Å². The van der Waals surface area contributed by atoms with Gasteiger partial charge in [-0.1, -0.05) is 32.9 Å². The number of benzene rings is 1. The number of hydrogen-bond acceptors (Lipinski definition) is 2.